The summed E-state index contributed by atoms with van der Waals surface area (Å²) in [5.41, 5.74) is 2.92. The average Bonchev–Trinajstić information content (AvgIpc) is 4.11. The number of fused-ring (bicyclic) bond motifs is 8. The molecule has 12 nitrogen and oxygen atoms in total. The standard InChI is InChI=1S/C50H34N4O8S4/c1-26-32(44(55)53(46(57)34(26)22-51)48(59)61-24-28-12-6-3-7-13-28)18-30-19-36-38(50(30)16-10-5-11-17-50)40-42(64-36)43-41(66-40)39-37(65-43)21-31(63-39)20-33-27(2)35(23-52)47(58)54(45(33)56)49(60)62-25-29-14-8-4-9-15-29/h3-4,6-9,12-15,18-21H,5,10-11,16-17,24-25H2,1-2H3/b32-18+,33-20+. The number of nitriles is 2. The molecule has 2 aromatic carbocycles. The Morgan fingerprint density at radius 1 is 0.652 bits per heavy atom. The first kappa shape index (κ1) is 42.8. The molecule has 2 aliphatic carbocycles. The van der Waals surface area contributed by atoms with Crippen molar-refractivity contribution < 1.29 is 38.2 Å². The van der Waals surface area contributed by atoms with E-state index in [9.17, 15) is 39.3 Å². The molecule has 6 aromatic rings. The lowest BCUT2D eigenvalue weighted by Crippen LogP contribution is -2.46. The van der Waals surface area contributed by atoms with Crippen LogP contribution >= 0.6 is 45.3 Å². The van der Waals surface area contributed by atoms with Crippen LogP contribution in [0.2, 0.25) is 0 Å². The number of nitrogens with zero attached hydrogens (tertiary/aromatic N) is 4. The Kier molecular flexibility index (Phi) is 10.9. The monoisotopic (exact) mass is 946 g/mol. The van der Waals surface area contributed by atoms with Crippen molar-refractivity contribution in [1.29, 1.82) is 10.5 Å². The fourth-order valence-corrected chi connectivity index (χ4v) is 15.2. The maximum absolute atomic E-state index is 14.2. The number of allylic oxidation sites excluding steroid dienone is 2. The van der Waals surface area contributed by atoms with Gasteiger partial charge in [-0.05, 0) is 84.4 Å². The highest BCUT2D eigenvalue weighted by Crippen LogP contribution is 2.61. The van der Waals surface area contributed by atoms with E-state index in [1.54, 1.807) is 102 Å². The van der Waals surface area contributed by atoms with Gasteiger partial charge < -0.3 is 9.47 Å². The number of hydrogen-bond donors (Lipinski definition) is 0. The highest BCUT2D eigenvalue weighted by molar-refractivity contribution is 7.44. The summed E-state index contributed by atoms with van der Waals surface area (Å²) in [6, 6.07) is 23.5. The second kappa shape index (κ2) is 16.7. The van der Waals surface area contributed by atoms with Gasteiger partial charge in [-0.15, -0.1) is 45.3 Å². The van der Waals surface area contributed by atoms with Crippen molar-refractivity contribution >= 4 is 122 Å². The molecule has 0 bridgehead atoms. The summed E-state index contributed by atoms with van der Waals surface area (Å²) in [7, 11) is 0. The Morgan fingerprint density at radius 3 is 1.71 bits per heavy atom. The molecule has 0 N–H and O–H groups in total. The second-order valence-corrected chi connectivity index (χ2v) is 20.5. The zero-order valence-corrected chi connectivity index (χ0v) is 38.5. The molecule has 2 aliphatic heterocycles. The lowest BCUT2D eigenvalue weighted by molar-refractivity contribution is -0.140. The molecule has 4 aromatic heterocycles. The van der Waals surface area contributed by atoms with E-state index in [4.69, 9.17) is 9.47 Å². The van der Waals surface area contributed by atoms with E-state index in [0.29, 0.717) is 25.8 Å². The number of benzene rings is 2. The summed E-state index contributed by atoms with van der Waals surface area (Å²) >= 11 is 6.52. The summed E-state index contributed by atoms with van der Waals surface area (Å²) in [6.07, 6.45) is 7.83. The van der Waals surface area contributed by atoms with Crippen LogP contribution in [0.3, 0.4) is 0 Å². The van der Waals surface area contributed by atoms with Crippen LogP contribution < -0.4 is 0 Å². The van der Waals surface area contributed by atoms with Crippen molar-refractivity contribution in [3.05, 3.63) is 138 Å². The molecular formula is C50H34N4O8S4. The molecule has 16 heteroatoms. The third-order valence-corrected chi connectivity index (χ3v) is 17.8. The van der Waals surface area contributed by atoms with Crippen molar-refractivity contribution in [2.24, 2.45) is 0 Å². The minimum absolute atomic E-state index is 0.0462. The molecule has 66 heavy (non-hydrogen) atoms. The second-order valence-electron chi connectivity index (χ2n) is 16.3. The van der Waals surface area contributed by atoms with E-state index in [2.05, 4.69) is 6.08 Å². The predicted octanol–water partition coefficient (Wildman–Crippen LogP) is 11.4. The van der Waals surface area contributed by atoms with Crippen molar-refractivity contribution in [3.63, 3.8) is 0 Å². The highest BCUT2D eigenvalue weighted by Gasteiger charge is 2.47. The quantitative estimate of drug-likeness (QED) is 0.115. The van der Waals surface area contributed by atoms with Crippen LogP contribution in [0.4, 0.5) is 9.59 Å². The number of carbonyl (C=O) groups excluding carboxylic acids is 6. The molecule has 4 aliphatic rings. The third-order valence-electron chi connectivity index (χ3n) is 12.5. The fourth-order valence-electron chi connectivity index (χ4n) is 9.19. The number of thiophene rings is 4. The molecule has 0 saturated heterocycles. The molecule has 6 amide bonds. The van der Waals surface area contributed by atoms with E-state index in [-0.39, 0.29) is 46.7 Å². The molecule has 1 fully saturated rings. The maximum atomic E-state index is 14.2. The Hall–Kier alpha value is -7.08. The third kappa shape index (κ3) is 6.87. The lowest BCUT2D eigenvalue weighted by Gasteiger charge is -2.37. The average molecular weight is 947 g/mol. The number of imide groups is 6. The van der Waals surface area contributed by atoms with Crippen LogP contribution in [0.1, 0.15) is 72.4 Å². The lowest BCUT2D eigenvalue weighted by atomic mass is 9.67. The smallest absolute Gasteiger partial charge is 0.424 e. The first-order chi connectivity index (χ1) is 31.9. The van der Waals surface area contributed by atoms with Crippen LogP contribution in [0.5, 0.6) is 0 Å². The Morgan fingerprint density at radius 2 is 1.17 bits per heavy atom. The first-order valence-electron chi connectivity index (χ1n) is 20.9. The SMILES string of the molecule is CC1=C(C#N)C(=O)N(C(=O)OCc2ccccc2)C(=O)/C1=C/C1=Cc2sc3c(sc4c5sc(/C=C6/C(=O)N(C(=O)OCc7ccccc7)C(=O)C(C#N)=C6C)cc5sc34)c2C12CCCCC2. The van der Waals surface area contributed by atoms with Crippen molar-refractivity contribution in [2.75, 3.05) is 0 Å². The van der Waals surface area contributed by atoms with Gasteiger partial charge in [-0.2, -0.15) is 20.3 Å². The topological polar surface area (TPSA) is 175 Å². The van der Waals surface area contributed by atoms with E-state index >= 15 is 0 Å². The maximum Gasteiger partial charge on any atom is 0.424 e. The zero-order chi connectivity index (χ0) is 46.0. The molecule has 0 unspecified atom stereocenters. The van der Waals surface area contributed by atoms with Gasteiger partial charge in [0.2, 0.25) is 0 Å². The summed E-state index contributed by atoms with van der Waals surface area (Å²) < 4.78 is 17.3. The Balaban J connectivity index is 0.988. The Labute approximate surface area is 392 Å². The van der Waals surface area contributed by atoms with E-state index in [1.165, 1.54) is 28.5 Å². The van der Waals surface area contributed by atoms with Crippen LogP contribution in [0.25, 0.3) is 40.4 Å². The van der Waals surface area contributed by atoms with Crippen LogP contribution in [0.15, 0.2) is 112 Å². The van der Waals surface area contributed by atoms with Crippen LogP contribution in [0, 0.1) is 22.7 Å². The van der Waals surface area contributed by atoms with Gasteiger partial charge in [-0.25, -0.2) is 9.59 Å². The van der Waals surface area contributed by atoms with Gasteiger partial charge in [0.1, 0.15) is 36.5 Å². The number of hydrogen-bond acceptors (Lipinski definition) is 14. The highest BCUT2D eigenvalue weighted by atomic mass is 32.1. The van der Waals surface area contributed by atoms with Gasteiger partial charge in [-0.3, -0.25) is 19.2 Å². The normalized spacial score (nSPS) is 18.6. The summed E-state index contributed by atoms with van der Waals surface area (Å²) in [5, 5.41) is 20.0. The molecule has 1 spiro atoms. The minimum atomic E-state index is -1.16. The van der Waals surface area contributed by atoms with Gasteiger partial charge in [0.05, 0.1) is 23.5 Å². The first-order valence-corrected chi connectivity index (χ1v) is 24.2. The van der Waals surface area contributed by atoms with Crippen LogP contribution in [-0.4, -0.2) is 45.6 Å². The largest absolute Gasteiger partial charge is 0.444 e. The van der Waals surface area contributed by atoms with Gasteiger partial charge >= 0.3 is 12.2 Å². The van der Waals surface area contributed by atoms with Crippen molar-refractivity contribution in [1.82, 2.24) is 9.80 Å². The minimum Gasteiger partial charge on any atom is -0.444 e. The van der Waals surface area contributed by atoms with E-state index < -0.39 is 41.2 Å². The van der Waals surface area contributed by atoms with E-state index in [0.717, 1.165) is 66.1 Å². The van der Waals surface area contributed by atoms with Gasteiger partial charge in [0.25, 0.3) is 23.6 Å². The van der Waals surface area contributed by atoms with Crippen LogP contribution in [-0.2, 0) is 47.3 Å². The number of amides is 6. The van der Waals surface area contributed by atoms with Gasteiger partial charge in [0, 0.05) is 31.0 Å². The molecule has 326 valence electrons. The van der Waals surface area contributed by atoms with E-state index in [1.807, 2.05) is 30.3 Å². The molecule has 6 heterocycles. The molecular weight excluding hydrogens is 913 g/mol. The van der Waals surface area contributed by atoms with Crippen molar-refractivity contribution in [2.45, 2.75) is 64.6 Å². The Bertz CT molecular complexity index is 3410. The molecule has 0 radical (unpaired) electrons. The fraction of sp³-hybridized carbons (Fsp3) is 0.200. The predicted molar refractivity (Wildman–Crippen MR) is 253 cm³/mol. The summed E-state index contributed by atoms with van der Waals surface area (Å²) in [6.45, 7) is 2.77. The number of rotatable bonds is 6. The molecule has 1 saturated carbocycles. The molecule has 10 rings (SSSR count). The summed E-state index contributed by atoms with van der Waals surface area (Å²) in [4.78, 5) is 83.9. The van der Waals surface area contributed by atoms with Crippen molar-refractivity contribution in [3.8, 4) is 12.1 Å². The molecule has 0 atom stereocenters. The van der Waals surface area contributed by atoms with Gasteiger partial charge in [0.15, 0.2) is 0 Å². The summed E-state index contributed by atoms with van der Waals surface area (Å²) in [5.74, 6) is -3.75. The number of carbonyl (C=O) groups is 6. The van der Waals surface area contributed by atoms with Gasteiger partial charge in [-0.1, -0.05) is 79.9 Å². The zero-order valence-electron chi connectivity index (χ0n) is 35.2. The number of ether oxygens (including phenoxy) is 2.